The van der Waals surface area contributed by atoms with E-state index in [0.29, 0.717) is 10.6 Å². The molecule has 1 aromatic rings. The van der Waals surface area contributed by atoms with Crippen molar-refractivity contribution in [3.8, 4) is 0 Å². The van der Waals surface area contributed by atoms with Crippen molar-refractivity contribution in [1.82, 2.24) is 0 Å². The molecule has 58 valence electrons. The number of furan rings is 1. The molecular formula is C8H9NOS. The van der Waals surface area contributed by atoms with Crippen LogP contribution in [-0.4, -0.2) is 0 Å². The summed E-state index contributed by atoms with van der Waals surface area (Å²) < 4.78 is 5.03. The smallest absolute Gasteiger partial charge is 0.127 e. The summed E-state index contributed by atoms with van der Waals surface area (Å²) in [5.74, 6) is 0.724. The van der Waals surface area contributed by atoms with E-state index < -0.39 is 0 Å². The Morgan fingerprint density at radius 2 is 2.45 bits per heavy atom. The number of thiol groups is 1. The van der Waals surface area contributed by atoms with Crippen molar-refractivity contribution in [2.75, 3.05) is 0 Å². The lowest BCUT2D eigenvalue weighted by molar-refractivity contribution is 0.557. The van der Waals surface area contributed by atoms with Crippen molar-refractivity contribution >= 4 is 18.7 Å². The lowest BCUT2D eigenvalue weighted by Crippen LogP contribution is -1.93. The predicted octanol–water partition coefficient (Wildman–Crippen LogP) is 2.02. The van der Waals surface area contributed by atoms with Crippen LogP contribution in [0.25, 0.3) is 6.08 Å². The first-order valence-corrected chi connectivity index (χ1v) is 3.54. The summed E-state index contributed by atoms with van der Waals surface area (Å²) in [6.07, 6.45) is 3.30. The van der Waals surface area contributed by atoms with Gasteiger partial charge in [-0.2, -0.15) is 0 Å². The second kappa shape index (κ2) is 3.34. The molecule has 11 heavy (non-hydrogen) atoms. The summed E-state index contributed by atoms with van der Waals surface area (Å²) in [6.45, 7) is 3.53. The molecule has 1 rings (SSSR count). The Morgan fingerprint density at radius 3 is 2.91 bits per heavy atom. The third-order valence-corrected chi connectivity index (χ3v) is 1.57. The van der Waals surface area contributed by atoms with Crippen molar-refractivity contribution in [3.05, 3.63) is 41.3 Å². The molecular weight excluding hydrogens is 158 g/mol. The summed E-state index contributed by atoms with van der Waals surface area (Å²) in [4.78, 5) is 0.625. The molecule has 0 aromatic carbocycles. The molecule has 0 unspecified atom stereocenters. The lowest BCUT2D eigenvalue weighted by atomic mass is 10.3. The van der Waals surface area contributed by atoms with Gasteiger partial charge in [0.25, 0.3) is 0 Å². The van der Waals surface area contributed by atoms with E-state index in [0.717, 1.165) is 5.76 Å². The molecule has 0 bridgehead atoms. The van der Waals surface area contributed by atoms with Crippen LogP contribution in [0.3, 0.4) is 0 Å². The molecule has 0 radical (unpaired) electrons. The van der Waals surface area contributed by atoms with Gasteiger partial charge in [0.2, 0.25) is 0 Å². The van der Waals surface area contributed by atoms with Gasteiger partial charge in [0.1, 0.15) is 5.76 Å². The zero-order valence-electron chi connectivity index (χ0n) is 5.95. The van der Waals surface area contributed by atoms with Crippen LogP contribution in [0.4, 0.5) is 0 Å². The average molecular weight is 167 g/mol. The second-order valence-corrected chi connectivity index (χ2v) is 2.55. The molecule has 1 aromatic heterocycles. The first-order valence-electron chi connectivity index (χ1n) is 3.09. The first kappa shape index (κ1) is 8.01. The van der Waals surface area contributed by atoms with Gasteiger partial charge in [0, 0.05) is 10.6 Å². The number of nitrogens with two attached hydrogens (primary N) is 1. The lowest BCUT2D eigenvalue weighted by Gasteiger charge is -1.94. The maximum Gasteiger partial charge on any atom is 0.127 e. The van der Waals surface area contributed by atoms with Crippen LogP contribution in [0.5, 0.6) is 0 Å². The quantitative estimate of drug-likeness (QED) is 0.522. The number of hydrogen-bond donors (Lipinski definition) is 2. The van der Waals surface area contributed by atoms with E-state index in [2.05, 4.69) is 19.2 Å². The SMILES string of the molecule is C=C(N)/C(S)=C\c1ccco1. The minimum atomic E-state index is 0.435. The van der Waals surface area contributed by atoms with Crippen molar-refractivity contribution in [2.24, 2.45) is 5.73 Å². The van der Waals surface area contributed by atoms with Gasteiger partial charge in [-0.25, -0.2) is 0 Å². The third-order valence-electron chi connectivity index (χ3n) is 1.15. The molecule has 2 N–H and O–H groups in total. The van der Waals surface area contributed by atoms with Crippen LogP contribution in [0, 0.1) is 0 Å². The molecule has 0 aliphatic rings. The van der Waals surface area contributed by atoms with E-state index in [4.69, 9.17) is 10.2 Å². The molecule has 0 amide bonds. The van der Waals surface area contributed by atoms with Gasteiger partial charge in [0.15, 0.2) is 0 Å². The van der Waals surface area contributed by atoms with Crippen molar-refractivity contribution in [3.63, 3.8) is 0 Å². The Labute approximate surface area is 70.8 Å². The largest absolute Gasteiger partial charge is 0.465 e. The summed E-state index contributed by atoms with van der Waals surface area (Å²) in [5, 5.41) is 0. The third kappa shape index (κ3) is 2.20. The Bertz CT molecular complexity index is 274. The van der Waals surface area contributed by atoms with Crippen molar-refractivity contribution in [2.45, 2.75) is 0 Å². The fraction of sp³-hybridized carbons (Fsp3) is 0. The summed E-state index contributed by atoms with van der Waals surface area (Å²) >= 11 is 4.09. The van der Waals surface area contributed by atoms with Gasteiger partial charge in [-0.15, -0.1) is 12.6 Å². The minimum absolute atomic E-state index is 0.435. The van der Waals surface area contributed by atoms with Gasteiger partial charge in [-0.1, -0.05) is 6.58 Å². The fourth-order valence-electron chi connectivity index (χ4n) is 0.601. The van der Waals surface area contributed by atoms with Gasteiger partial charge >= 0.3 is 0 Å². The van der Waals surface area contributed by atoms with Crippen LogP contribution < -0.4 is 5.73 Å². The zero-order chi connectivity index (χ0) is 8.27. The maximum atomic E-state index is 5.37. The highest BCUT2D eigenvalue weighted by molar-refractivity contribution is 7.85. The molecule has 3 heteroatoms. The van der Waals surface area contributed by atoms with Crippen LogP contribution in [-0.2, 0) is 0 Å². The van der Waals surface area contributed by atoms with Gasteiger partial charge < -0.3 is 10.2 Å². The zero-order valence-corrected chi connectivity index (χ0v) is 6.84. The molecule has 0 atom stereocenters. The Morgan fingerprint density at radius 1 is 1.73 bits per heavy atom. The van der Waals surface area contributed by atoms with E-state index in [1.807, 2.05) is 6.07 Å². The Balaban J connectivity index is 2.82. The normalized spacial score (nSPS) is 11.5. The topological polar surface area (TPSA) is 39.2 Å². The first-order chi connectivity index (χ1) is 5.20. The molecule has 0 saturated carbocycles. The number of rotatable bonds is 2. The summed E-state index contributed by atoms with van der Waals surface area (Å²) in [5.41, 5.74) is 5.81. The monoisotopic (exact) mass is 167 g/mol. The highest BCUT2D eigenvalue weighted by Crippen LogP contribution is 2.13. The van der Waals surface area contributed by atoms with Gasteiger partial charge in [-0.3, -0.25) is 0 Å². The fourth-order valence-corrected chi connectivity index (χ4v) is 0.728. The predicted molar refractivity (Wildman–Crippen MR) is 49.0 cm³/mol. The molecule has 0 fully saturated rings. The number of hydrogen-bond acceptors (Lipinski definition) is 3. The molecule has 0 aliphatic carbocycles. The Kier molecular flexibility index (Phi) is 2.44. The molecule has 2 nitrogen and oxygen atoms in total. The summed E-state index contributed by atoms with van der Waals surface area (Å²) in [7, 11) is 0. The van der Waals surface area contributed by atoms with Crippen molar-refractivity contribution in [1.29, 1.82) is 0 Å². The van der Waals surface area contributed by atoms with Gasteiger partial charge in [0.05, 0.1) is 6.26 Å². The standard InChI is InChI=1S/C8H9NOS/c1-6(9)8(11)5-7-3-2-4-10-7/h2-5,11H,1,9H2/b8-5+. The minimum Gasteiger partial charge on any atom is -0.465 e. The van der Waals surface area contributed by atoms with E-state index in [1.54, 1.807) is 18.4 Å². The Hall–Kier alpha value is -1.09. The molecule has 1 heterocycles. The van der Waals surface area contributed by atoms with E-state index >= 15 is 0 Å². The van der Waals surface area contributed by atoms with Crippen LogP contribution >= 0.6 is 12.6 Å². The maximum absolute atomic E-state index is 5.37. The van der Waals surface area contributed by atoms with Gasteiger partial charge in [-0.05, 0) is 18.2 Å². The highest BCUT2D eigenvalue weighted by atomic mass is 32.1. The van der Waals surface area contributed by atoms with E-state index in [-0.39, 0.29) is 0 Å². The van der Waals surface area contributed by atoms with Crippen LogP contribution in [0.1, 0.15) is 5.76 Å². The van der Waals surface area contributed by atoms with E-state index in [9.17, 15) is 0 Å². The van der Waals surface area contributed by atoms with Crippen LogP contribution in [0.15, 0.2) is 40.0 Å². The van der Waals surface area contributed by atoms with Crippen molar-refractivity contribution < 1.29 is 4.42 Å². The highest BCUT2D eigenvalue weighted by Gasteiger charge is 1.93. The molecule has 0 saturated heterocycles. The summed E-state index contributed by atoms with van der Waals surface area (Å²) in [6, 6.07) is 3.62. The average Bonchev–Trinajstić information content (AvgIpc) is 2.39. The second-order valence-electron chi connectivity index (χ2n) is 2.07. The molecule has 0 spiro atoms. The van der Waals surface area contributed by atoms with E-state index in [1.165, 1.54) is 0 Å². The van der Waals surface area contributed by atoms with Crippen LogP contribution in [0.2, 0.25) is 0 Å². The molecule has 0 aliphatic heterocycles.